The molecule has 0 unspecified atom stereocenters. The summed E-state index contributed by atoms with van der Waals surface area (Å²) in [6.45, 7) is 2.00. The van der Waals surface area contributed by atoms with Crippen molar-refractivity contribution in [2.24, 2.45) is 0 Å². The summed E-state index contributed by atoms with van der Waals surface area (Å²) in [7, 11) is 0. The average molecular weight is 302 g/mol. The molecule has 0 saturated heterocycles. The maximum absolute atomic E-state index is 11.0. The molecule has 1 aromatic heterocycles. The Bertz CT molecular complexity index is 450. The predicted molar refractivity (Wildman–Crippen MR) is 54.9 cm³/mol. The number of halogens is 1. The van der Waals surface area contributed by atoms with E-state index in [0.717, 1.165) is 11.3 Å². The average Bonchev–Trinajstić information content (AvgIpc) is 2.50. The van der Waals surface area contributed by atoms with Crippen molar-refractivity contribution in [2.75, 3.05) is 0 Å². The molecule has 0 spiro atoms. The van der Waals surface area contributed by atoms with E-state index >= 15 is 0 Å². The van der Waals surface area contributed by atoms with Crippen molar-refractivity contribution in [3.63, 3.8) is 0 Å². The summed E-state index contributed by atoms with van der Waals surface area (Å²) in [5, 5.41) is 14.7. The van der Waals surface area contributed by atoms with Crippen molar-refractivity contribution < 1.29 is 14.3 Å². The third-order valence-corrected chi connectivity index (χ3v) is 2.74. The standard InChI is InChI=1S/C9H7IN2O2/c1-6-2-4-7(5-3-6)12-8(10)9(13)14-11-12/h2-5H,1H3. The normalized spacial score (nSPS) is 10.4. The van der Waals surface area contributed by atoms with Gasteiger partial charge in [0, 0.05) is 34.7 Å². The highest BCUT2D eigenvalue weighted by Crippen LogP contribution is 2.12. The SMILES string of the molecule is Cc1ccc(-[n+]2noc([O-])c2I)cc1. The third-order valence-electron chi connectivity index (χ3n) is 1.84. The van der Waals surface area contributed by atoms with E-state index in [0.29, 0.717) is 3.70 Å². The zero-order valence-corrected chi connectivity index (χ0v) is 9.56. The lowest BCUT2D eigenvalue weighted by Crippen LogP contribution is -2.35. The van der Waals surface area contributed by atoms with E-state index in [1.54, 1.807) is 0 Å². The number of hydrogen-bond donors (Lipinski definition) is 0. The first-order valence-electron chi connectivity index (χ1n) is 4.00. The monoisotopic (exact) mass is 302 g/mol. The lowest BCUT2D eigenvalue weighted by molar-refractivity contribution is -0.682. The Kier molecular flexibility index (Phi) is 2.40. The molecule has 1 aromatic carbocycles. The van der Waals surface area contributed by atoms with E-state index < -0.39 is 5.95 Å². The largest absolute Gasteiger partial charge is 0.538 e. The van der Waals surface area contributed by atoms with Crippen LogP contribution in [0, 0.1) is 10.6 Å². The molecule has 2 rings (SSSR count). The fourth-order valence-corrected chi connectivity index (χ4v) is 1.55. The molecule has 0 aliphatic rings. The van der Waals surface area contributed by atoms with E-state index in [9.17, 15) is 5.11 Å². The fourth-order valence-electron chi connectivity index (χ4n) is 1.08. The van der Waals surface area contributed by atoms with Crippen molar-refractivity contribution in [1.29, 1.82) is 0 Å². The first kappa shape index (κ1) is 9.45. The summed E-state index contributed by atoms with van der Waals surface area (Å²) in [5.74, 6) is -0.411. The molecule has 2 aromatic rings. The van der Waals surface area contributed by atoms with Gasteiger partial charge in [0.1, 0.15) is 0 Å². The molecule has 4 nitrogen and oxygen atoms in total. The van der Waals surface area contributed by atoms with Gasteiger partial charge in [-0.2, -0.15) is 0 Å². The van der Waals surface area contributed by atoms with Gasteiger partial charge in [0.2, 0.25) is 5.69 Å². The van der Waals surface area contributed by atoms with E-state index in [4.69, 9.17) is 0 Å². The molecule has 0 atom stereocenters. The van der Waals surface area contributed by atoms with Crippen LogP contribution >= 0.6 is 22.6 Å². The molecular weight excluding hydrogens is 295 g/mol. The molecule has 14 heavy (non-hydrogen) atoms. The number of aromatic nitrogens is 2. The highest BCUT2D eigenvalue weighted by Gasteiger charge is 2.16. The highest BCUT2D eigenvalue weighted by atomic mass is 127. The number of hydrogen-bond acceptors (Lipinski definition) is 3. The van der Waals surface area contributed by atoms with Gasteiger partial charge in [-0.05, 0) is 11.6 Å². The topological polar surface area (TPSA) is 53.0 Å². The second-order valence-corrected chi connectivity index (χ2v) is 3.92. The molecule has 5 heteroatoms. The maximum Gasteiger partial charge on any atom is 0.298 e. The molecule has 0 amide bonds. The fraction of sp³-hybridized carbons (Fsp3) is 0.111. The smallest absolute Gasteiger partial charge is 0.298 e. The van der Waals surface area contributed by atoms with Crippen LogP contribution in [0.2, 0.25) is 0 Å². The molecule has 0 N–H and O–H groups in total. The second-order valence-electron chi connectivity index (χ2n) is 2.90. The van der Waals surface area contributed by atoms with Crippen LogP contribution in [0.15, 0.2) is 28.8 Å². The number of benzene rings is 1. The molecule has 0 fully saturated rings. The van der Waals surface area contributed by atoms with Gasteiger partial charge in [-0.25, -0.2) is 0 Å². The van der Waals surface area contributed by atoms with Gasteiger partial charge >= 0.3 is 0 Å². The van der Waals surface area contributed by atoms with Crippen molar-refractivity contribution in [3.05, 3.63) is 33.5 Å². The molecular formula is C9H7IN2O2. The van der Waals surface area contributed by atoms with Crippen molar-refractivity contribution >= 4 is 22.6 Å². The van der Waals surface area contributed by atoms with E-state index in [1.807, 2.05) is 53.8 Å². The minimum atomic E-state index is -0.411. The Hall–Kier alpha value is -1.11. The van der Waals surface area contributed by atoms with Gasteiger partial charge in [0.15, 0.2) is 5.95 Å². The van der Waals surface area contributed by atoms with Crippen LogP contribution in [-0.4, -0.2) is 5.27 Å². The number of rotatable bonds is 1. The summed E-state index contributed by atoms with van der Waals surface area (Å²) in [4.78, 5) is 0. The summed E-state index contributed by atoms with van der Waals surface area (Å²) in [6.07, 6.45) is 0. The second kappa shape index (κ2) is 3.56. The van der Waals surface area contributed by atoms with Crippen molar-refractivity contribution in [2.45, 2.75) is 6.92 Å². The van der Waals surface area contributed by atoms with Crippen molar-refractivity contribution in [3.8, 4) is 11.6 Å². The highest BCUT2D eigenvalue weighted by molar-refractivity contribution is 14.1. The van der Waals surface area contributed by atoms with Gasteiger partial charge in [-0.15, -0.1) is 0 Å². The van der Waals surface area contributed by atoms with E-state index in [2.05, 4.69) is 9.79 Å². The zero-order chi connectivity index (χ0) is 10.1. The maximum atomic E-state index is 11.0. The van der Waals surface area contributed by atoms with Crippen LogP contribution in [0.4, 0.5) is 0 Å². The Balaban J connectivity index is 2.49. The molecule has 72 valence electrons. The Morgan fingerprint density at radius 1 is 1.36 bits per heavy atom. The molecule has 0 aliphatic heterocycles. The van der Waals surface area contributed by atoms with Crippen molar-refractivity contribution in [1.82, 2.24) is 5.27 Å². The molecule has 0 saturated carbocycles. The van der Waals surface area contributed by atoms with Crippen LogP contribution < -0.4 is 9.79 Å². The van der Waals surface area contributed by atoms with Crippen LogP contribution in [0.25, 0.3) is 5.69 Å². The molecule has 0 radical (unpaired) electrons. The Morgan fingerprint density at radius 2 is 2.00 bits per heavy atom. The van der Waals surface area contributed by atoms with Gasteiger partial charge < -0.3 is 9.63 Å². The lowest BCUT2D eigenvalue weighted by atomic mass is 10.2. The summed E-state index contributed by atoms with van der Waals surface area (Å²) in [5.41, 5.74) is 1.99. The van der Waals surface area contributed by atoms with Gasteiger partial charge in [0.25, 0.3) is 3.70 Å². The Morgan fingerprint density at radius 3 is 2.50 bits per heavy atom. The summed E-state index contributed by atoms with van der Waals surface area (Å²) in [6, 6.07) is 7.69. The van der Waals surface area contributed by atoms with Crippen LogP contribution in [0.5, 0.6) is 5.95 Å². The van der Waals surface area contributed by atoms with Gasteiger partial charge in [0.05, 0.1) is 5.27 Å². The zero-order valence-electron chi connectivity index (χ0n) is 7.40. The minimum Gasteiger partial charge on any atom is -0.538 e. The van der Waals surface area contributed by atoms with Crippen LogP contribution in [0.1, 0.15) is 5.56 Å². The quantitative estimate of drug-likeness (QED) is 0.582. The minimum absolute atomic E-state index is 0.411. The number of aryl methyl sites for hydroxylation is 1. The first-order valence-corrected chi connectivity index (χ1v) is 5.08. The van der Waals surface area contributed by atoms with Gasteiger partial charge in [-0.3, -0.25) is 0 Å². The van der Waals surface area contributed by atoms with Crippen LogP contribution in [-0.2, 0) is 0 Å². The molecule has 0 aliphatic carbocycles. The summed E-state index contributed by atoms with van der Waals surface area (Å²) < 4.78 is 6.45. The van der Waals surface area contributed by atoms with E-state index in [-0.39, 0.29) is 0 Å². The first-order chi connectivity index (χ1) is 6.68. The predicted octanol–water partition coefficient (Wildman–Crippen LogP) is 0.938. The van der Waals surface area contributed by atoms with Gasteiger partial charge in [-0.1, -0.05) is 17.7 Å². The van der Waals surface area contributed by atoms with E-state index in [1.165, 1.54) is 4.68 Å². The molecule has 1 heterocycles. The molecule has 0 bridgehead atoms. The summed E-state index contributed by atoms with van der Waals surface area (Å²) >= 11 is 1.91. The Labute approximate surface area is 94.3 Å². The van der Waals surface area contributed by atoms with Crippen LogP contribution in [0.3, 0.4) is 0 Å². The number of nitrogens with zero attached hydrogens (tertiary/aromatic N) is 2. The lowest BCUT2D eigenvalue weighted by Gasteiger charge is -1.91. The third kappa shape index (κ3) is 1.59.